The summed E-state index contributed by atoms with van der Waals surface area (Å²) in [4.78, 5) is 2.64. The Morgan fingerprint density at radius 2 is 0.618 bits per heavy atom. The van der Waals surface area contributed by atoms with Crippen molar-refractivity contribution in [2.24, 2.45) is 0 Å². The molecular weight excluding hydrogens is 448 g/mol. The van der Waals surface area contributed by atoms with Gasteiger partial charge in [-0.2, -0.15) is 0 Å². The predicted molar refractivity (Wildman–Crippen MR) is 152 cm³/mol. The van der Waals surface area contributed by atoms with Gasteiger partial charge in [0, 0.05) is 9.79 Å². The van der Waals surface area contributed by atoms with Crippen molar-refractivity contribution in [1.29, 1.82) is 0 Å². The van der Waals surface area contributed by atoms with Gasteiger partial charge in [-0.25, -0.2) is 0 Å². The van der Waals surface area contributed by atoms with Crippen molar-refractivity contribution in [2.75, 3.05) is 0 Å². The van der Waals surface area contributed by atoms with Crippen LogP contribution in [-0.2, 0) is 0 Å². The first-order valence-corrected chi connectivity index (χ1v) is 13.7. The fourth-order valence-electron chi connectivity index (χ4n) is 5.65. The van der Waals surface area contributed by atoms with Crippen LogP contribution in [0.25, 0.3) is 64.6 Å². The van der Waals surface area contributed by atoms with Crippen molar-refractivity contribution in [3.8, 4) is 0 Å². The molecular formula is C32H18S2. The van der Waals surface area contributed by atoms with Crippen LogP contribution in [0.4, 0.5) is 0 Å². The summed E-state index contributed by atoms with van der Waals surface area (Å²) in [6.45, 7) is 0. The van der Waals surface area contributed by atoms with Gasteiger partial charge < -0.3 is 0 Å². The second kappa shape index (κ2) is 7.02. The Kier molecular flexibility index (Phi) is 3.91. The quantitative estimate of drug-likeness (QED) is 0.188. The van der Waals surface area contributed by atoms with E-state index >= 15 is 0 Å². The number of benzene rings is 8. The molecule has 0 saturated heterocycles. The van der Waals surface area contributed by atoms with E-state index in [2.05, 4.69) is 109 Å². The summed E-state index contributed by atoms with van der Waals surface area (Å²) in [5.41, 5.74) is 0. The van der Waals surface area contributed by atoms with Gasteiger partial charge in [-0.1, -0.05) is 119 Å². The van der Waals surface area contributed by atoms with Crippen LogP contribution in [0.3, 0.4) is 0 Å². The lowest BCUT2D eigenvalue weighted by atomic mass is 9.94. The molecule has 0 N–H and O–H groups in total. The molecule has 0 spiro atoms. The zero-order valence-electron chi connectivity index (χ0n) is 18.2. The maximum absolute atomic E-state index is 2.30. The molecule has 0 nitrogen and oxygen atoms in total. The summed E-state index contributed by atoms with van der Waals surface area (Å²) < 4.78 is 0. The van der Waals surface area contributed by atoms with Crippen LogP contribution in [0.1, 0.15) is 0 Å². The second-order valence-corrected chi connectivity index (χ2v) is 11.2. The Labute approximate surface area is 204 Å². The fourth-order valence-corrected chi connectivity index (χ4v) is 8.01. The molecule has 0 amide bonds. The van der Waals surface area contributed by atoms with E-state index in [1.54, 1.807) is 0 Å². The number of rotatable bonds is 3. The third kappa shape index (κ3) is 2.58. The molecule has 0 fully saturated rings. The first kappa shape index (κ1) is 18.9. The smallest absolute Gasteiger partial charge is 0.0265 e. The summed E-state index contributed by atoms with van der Waals surface area (Å²) in [6, 6.07) is 40.5. The Hall–Kier alpha value is -3.46. The van der Waals surface area contributed by atoms with Crippen molar-refractivity contribution in [1.82, 2.24) is 0 Å². The van der Waals surface area contributed by atoms with Crippen LogP contribution in [0.2, 0.25) is 0 Å². The monoisotopic (exact) mass is 466 g/mol. The molecule has 0 aliphatic heterocycles. The van der Waals surface area contributed by atoms with Gasteiger partial charge in [0.1, 0.15) is 0 Å². The molecule has 0 bridgehead atoms. The SMILES string of the molecule is c1cc2ccc3ccc(SSc4ccc5ccc6cccc7ccc4c5c67)c4ccc(c1)c2c34. The maximum atomic E-state index is 2.30. The highest BCUT2D eigenvalue weighted by Crippen LogP contribution is 2.47. The maximum Gasteiger partial charge on any atom is 0.0265 e. The van der Waals surface area contributed by atoms with Gasteiger partial charge in [-0.05, 0) is 76.8 Å². The van der Waals surface area contributed by atoms with Crippen LogP contribution in [-0.4, -0.2) is 0 Å². The van der Waals surface area contributed by atoms with Gasteiger partial charge in [0.05, 0.1) is 0 Å². The Morgan fingerprint density at radius 3 is 1.03 bits per heavy atom. The van der Waals surface area contributed by atoms with Crippen LogP contribution in [0.5, 0.6) is 0 Å². The minimum atomic E-state index is 1.32. The topological polar surface area (TPSA) is 0 Å². The van der Waals surface area contributed by atoms with Crippen molar-refractivity contribution < 1.29 is 0 Å². The summed E-state index contributed by atoms with van der Waals surface area (Å²) in [5.74, 6) is 0. The van der Waals surface area contributed by atoms with E-state index in [0.29, 0.717) is 0 Å². The highest BCUT2D eigenvalue weighted by Gasteiger charge is 2.14. The molecule has 0 aromatic heterocycles. The molecule has 2 heteroatoms. The minimum absolute atomic E-state index is 1.32. The highest BCUT2D eigenvalue weighted by atomic mass is 33.1. The molecule has 0 saturated carbocycles. The fraction of sp³-hybridized carbons (Fsp3) is 0. The van der Waals surface area contributed by atoms with Gasteiger partial charge in [0.25, 0.3) is 0 Å². The van der Waals surface area contributed by atoms with E-state index in [0.717, 1.165) is 0 Å². The normalized spacial score (nSPS) is 12.4. The van der Waals surface area contributed by atoms with E-state index < -0.39 is 0 Å². The lowest BCUT2D eigenvalue weighted by molar-refractivity contribution is 1.57. The average Bonchev–Trinajstić information content (AvgIpc) is 2.90. The summed E-state index contributed by atoms with van der Waals surface area (Å²) in [6.07, 6.45) is 0. The van der Waals surface area contributed by atoms with Gasteiger partial charge in [-0.3, -0.25) is 0 Å². The van der Waals surface area contributed by atoms with E-state index in [1.807, 2.05) is 21.6 Å². The molecule has 0 unspecified atom stereocenters. The number of hydrogen-bond acceptors (Lipinski definition) is 2. The molecule has 0 aliphatic carbocycles. The van der Waals surface area contributed by atoms with E-state index in [9.17, 15) is 0 Å². The third-order valence-corrected chi connectivity index (χ3v) is 9.68. The molecule has 0 heterocycles. The molecule has 0 radical (unpaired) electrons. The number of hydrogen-bond donors (Lipinski definition) is 0. The van der Waals surface area contributed by atoms with E-state index in [-0.39, 0.29) is 0 Å². The van der Waals surface area contributed by atoms with Crippen LogP contribution >= 0.6 is 21.6 Å². The van der Waals surface area contributed by atoms with Crippen molar-refractivity contribution in [3.63, 3.8) is 0 Å². The largest absolute Gasteiger partial charge is 0.0610 e. The van der Waals surface area contributed by atoms with Crippen molar-refractivity contribution in [3.05, 3.63) is 109 Å². The van der Waals surface area contributed by atoms with E-state index in [1.165, 1.54) is 74.4 Å². The van der Waals surface area contributed by atoms with Gasteiger partial charge in [-0.15, -0.1) is 0 Å². The van der Waals surface area contributed by atoms with Crippen LogP contribution in [0.15, 0.2) is 119 Å². The molecule has 34 heavy (non-hydrogen) atoms. The zero-order chi connectivity index (χ0) is 22.2. The standard InChI is InChI=1S/C32H18S2/c1-3-19-7-9-23-13-17-27(25-15-11-21(5-1)29(19)31(23)25)33-34-28-18-14-24-10-8-20-4-2-6-22-12-16-26(28)32(24)30(20)22/h1-18H. The van der Waals surface area contributed by atoms with E-state index in [4.69, 9.17) is 0 Å². The third-order valence-electron chi connectivity index (χ3n) is 7.20. The second-order valence-electron chi connectivity index (χ2n) is 9.01. The molecule has 8 aromatic rings. The van der Waals surface area contributed by atoms with Crippen LogP contribution in [0, 0.1) is 0 Å². The lowest BCUT2D eigenvalue weighted by Crippen LogP contribution is -1.86. The molecule has 158 valence electrons. The van der Waals surface area contributed by atoms with Crippen molar-refractivity contribution >= 4 is 86.2 Å². The Bertz CT molecular complexity index is 1840. The zero-order valence-corrected chi connectivity index (χ0v) is 19.8. The lowest BCUT2D eigenvalue weighted by Gasteiger charge is -2.15. The Morgan fingerprint density at radius 1 is 0.294 bits per heavy atom. The minimum Gasteiger partial charge on any atom is -0.0610 e. The van der Waals surface area contributed by atoms with Gasteiger partial charge in [0.2, 0.25) is 0 Å². The van der Waals surface area contributed by atoms with Gasteiger partial charge in [0.15, 0.2) is 0 Å². The van der Waals surface area contributed by atoms with Gasteiger partial charge >= 0.3 is 0 Å². The molecule has 8 aromatic carbocycles. The van der Waals surface area contributed by atoms with Crippen LogP contribution < -0.4 is 0 Å². The molecule has 0 atom stereocenters. The summed E-state index contributed by atoms with van der Waals surface area (Å²) in [7, 11) is 3.75. The Balaban J connectivity index is 1.29. The average molecular weight is 467 g/mol. The summed E-state index contributed by atoms with van der Waals surface area (Å²) in [5, 5.41) is 16.1. The van der Waals surface area contributed by atoms with Crippen molar-refractivity contribution in [2.45, 2.75) is 9.79 Å². The predicted octanol–water partition coefficient (Wildman–Crippen LogP) is 10.3. The molecule has 8 rings (SSSR count). The first-order chi connectivity index (χ1) is 16.8. The summed E-state index contributed by atoms with van der Waals surface area (Å²) >= 11 is 0. The highest BCUT2D eigenvalue weighted by molar-refractivity contribution is 8.76. The molecule has 0 aliphatic rings. The first-order valence-electron chi connectivity index (χ1n) is 11.5.